The summed E-state index contributed by atoms with van der Waals surface area (Å²) in [4.78, 5) is 28.0. The smallest absolute Gasteiger partial charge is 0.270 e. The van der Waals surface area contributed by atoms with Crippen LogP contribution in [0.3, 0.4) is 0 Å². The number of hydrogen-bond donors (Lipinski definition) is 1. The summed E-state index contributed by atoms with van der Waals surface area (Å²) >= 11 is 0. The second-order valence-electron chi connectivity index (χ2n) is 7.21. The normalized spacial score (nSPS) is 11.5. The lowest BCUT2D eigenvalue weighted by Crippen LogP contribution is -2.30. The van der Waals surface area contributed by atoms with Crippen molar-refractivity contribution in [2.45, 2.75) is 12.5 Å². The van der Waals surface area contributed by atoms with Gasteiger partial charge in [0.2, 0.25) is 11.7 Å². The molecule has 1 heterocycles. The van der Waals surface area contributed by atoms with E-state index in [1.54, 1.807) is 36.4 Å². The fraction of sp³-hybridized carbons (Fsp3) is 0.125. The first kappa shape index (κ1) is 21.7. The first-order valence-corrected chi connectivity index (χ1v) is 10.1. The van der Waals surface area contributed by atoms with Gasteiger partial charge in [-0.05, 0) is 23.8 Å². The van der Waals surface area contributed by atoms with Gasteiger partial charge in [-0.2, -0.15) is 4.98 Å². The van der Waals surface area contributed by atoms with Gasteiger partial charge < -0.3 is 14.6 Å². The molecule has 4 aromatic rings. The van der Waals surface area contributed by atoms with Gasteiger partial charge in [0.15, 0.2) is 0 Å². The predicted molar refractivity (Wildman–Crippen MR) is 120 cm³/mol. The van der Waals surface area contributed by atoms with E-state index >= 15 is 0 Å². The second-order valence-corrected chi connectivity index (χ2v) is 7.21. The highest BCUT2D eigenvalue weighted by Crippen LogP contribution is 2.25. The van der Waals surface area contributed by atoms with Crippen LogP contribution in [-0.4, -0.2) is 28.1 Å². The topological polar surface area (TPSA) is 120 Å². The van der Waals surface area contributed by atoms with Crippen LogP contribution >= 0.6 is 0 Å². The van der Waals surface area contributed by atoms with Gasteiger partial charge in [0, 0.05) is 29.7 Å². The highest BCUT2D eigenvalue weighted by molar-refractivity contribution is 5.94. The number of carbonyl (C=O) groups is 1. The number of nitro groups is 1. The van der Waals surface area contributed by atoms with E-state index in [1.807, 2.05) is 30.3 Å². The zero-order chi connectivity index (χ0) is 23.2. The van der Waals surface area contributed by atoms with E-state index < -0.39 is 11.0 Å². The summed E-state index contributed by atoms with van der Waals surface area (Å²) in [5.41, 5.74) is 1.75. The number of benzene rings is 3. The number of ether oxygens (including phenoxy) is 1. The molecule has 1 N–H and O–H groups in total. The van der Waals surface area contributed by atoms with E-state index in [2.05, 4.69) is 15.5 Å². The Morgan fingerprint density at radius 3 is 2.64 bits per heavy atom. The van der Waals surface area contributed by atoms with Gasteiger partial charge in [-0.25, -0.2) is 0 Å². The predicted octanol–water partition coefficient (Wildman–Crippen LogP) is 4.37. The van der Waals surface area contributed by atoms with Gasteiger partial charge in [0.1, 0.15) is 11.8 Å². The van der Waals surface area contributed by atoms with E-state index in [0.717, 1.165) is 5.56 Å². The van der Waals surface area contributed by atoms with Crippen LogP contribution < -0.4 is 10.1 Å². The first-order valence-electron chi connectivity index (χ1n) is 10.1. The molecule has 0 radical (unpaired) electrons. The molecule has 1 unspecified atom stereocenters. The summed E-state index contributed by atoms with van der Waals surface area (Å²) in [7, 11) is 1.53. The van der Waals surface area contributed by atoms with Gasteiger partial charge in [-0.1, -0.05) is 53.7 Å². The lowest BCUT2D eigenvalue weighted by molar-refractivity contribution is -0.384. The highest BCUT2D eigenvalue weighted by atomic mass is 16.6. The molecule has 1 amide bonds. The number of hydrogen-bond acceptors (Lipinski definition) is 7. The molecule has 0 aliphatic rings. The zero-order valence-electron chi connectivity index (χ0n) is 17.7. The minimum Gasteiger partial charge on any atom is -0.497 e. The van der Waals surface area contributed by atoms with E-state index in [-0.39, 0.29) is 23.3 Å². The Labute approximate surface area is 189 Å². The van der Waals surface area contributed by atoms with Gasteiger partial charge in [-0.15, -0.1) is 0 Å². The summed E-state index contributed by atoms with van der Waals surface area (Å²) in [6.07, 6.45) is 0.410. The van der Waals surface area contributed by atoms with Crippen LogP contribution in [0.5, 0.6) is 5.75 Å². The molecule has 1 aromatic heterocycles. The number of methoxy groups -OCH3 is 1. The summed E-state index contributed by atoms with van der Waals surface area (Å²) in [6.45, 7) is 0. The Bertz CT molecular complexity index is 1270. The number of rotatable bonds is 8. The van der Waals surface area contributed by atoms with Crippen molar-refractivity contribution in [3.05, 3.63) is 106 Å². The van der Waals surface area contributed by atoms with Crippen LogP contribution in [0.15, 0.2) is 83.4 Å². The van der Waals surface area contributed by atoms with Crippen molar-refractivity contribution in [1.29, 1.82) is 0 Å². The van der Waals surface area contributed by atoms with Crippen LogP contribution in [0.2, 0.25) is 0 Å². The summed E-state index contributed by atoms with van der Waals surface area (Å²) < 4.78 is 10.7. The molecule has 0 fully saturated rings. The number of nitro benzene ring substituents is 1. The van der Waals surface area contributed by atoms with Crippen molar-refractivity contribution in [2.24, 2.45) is 0 Å². The third-order valence-electron chi connectivity index (χ3n) is 4.97. The molecule has 0 aliphatic heterocycles. The van der Waals surface area contributed by atoms with Crippen LogP contribution in [0, 0.1) is 10.1 Å². The van der Waals surface area contributed by atoms with Crippen LogP contribution in [0.4, 0.5) is 5.69 Å². The van der Waals surface area contributed by atoms with Crippen molar-refractivity contribution in [2.75, 3.05) is 7.11 Å². The monoisotopic (exact) mass is 444 g/mol. The molecule has 0 bridgehead atoms. The number of nitrogens with zero attached hydrogens (tertiary/aromatic N) is 3. The number of amides is 1. The molecule has 0 spiro atoms. The van der Waals surface area contributed by atoms with Gasteiger partial charge >= 0.3 is 0 Å². The molecule has 9 nitrogen and oxygen atoms in total. The van der Waals surface area contributed by atoms with Crippen molar-refractivity contribution in [3.63, 3.8) is 0 Å². The third kappa shape index (κ3) is 5.21. The highest BCUT2D eigenvalue weighted by Gasteiger charge is 2.23. The van der Waals surface area contributed by atoms with Crippen LogP contribution in [0.25, 0.3) is 11.4 Å². The lowest BCUT2D eigenvalue weighted by atomic mass is 10.0. The molecule has 0 aliphatic carbocycles. The average molecular weight is 444 g/mol. The van der Waals surface area contributed by atoms with Gasteiger partial charge in [0.25, 0.3) is 11.6 Å². The minimum absolute atomic E-state index is 0.0778. The fourth-order valence-electron chi connectivity index (χ4n) is 3.31. The maximum atomic E-state index is 13.0. The minimum atomic E-state index is -0.619. The standard InChI is InChI=1S/C24H20N4O5/c1-32-20-12-6-10-18(15-20)23(29)25-21(13-16-7-3-2-4-8-16)24-26-22(27-33-24)17-9-5-11-19(14-17)28(30)31/h2-12,14-15,21H,13H2,1H3,(H,25,29). The van der Waals surface area contributed by atoms with Crippen molar-refractivity contribution < 1.29 is 19.0 Å². The van der Waals surface area contributed by atoms with Gasteiger partial charge in [-0.3, -0.25) is 14.9 Å². The Balaban J connectivity index is 1.63. The molecule has 166 valence electrons. The number of aromatic nitrogens is 2. The molecule has 0 saturated carbocycles. The molecular weight excluding hydrogens is 424 g/mol. The Morgan fingerprint density at radius 1 is 1.09 bits per heavy atom. The van der Waals surface area contributed by atoms with Crippen molar-refractivity contribution in [1.82, 2.24) is 15.5 Å². The number of non-ortho nitro benzene ring substituents is 1. The fourth-order valence-corrected chi connectivity index (χ4v) is 3.31. The van der Waals surface area contributed by atoms with E-state index in [4.69, 9.17) is 9.26 Å². The first-order chi connectivity index (χ1) is 16.0. The van der Waals surface area contributed by atoms with E-state index in [1.165, 1.54) is 19.2 Å². The van der Waals surface area contributed by atoms with Crippen LogP contribution in [0.1, 0.15) is 27.9 Å². The molecule has 4 rings (SSSR count). The van der Waals surface area contributed by atoms with E-state index in [9.17, 15) is 14.9 Å². The Hall–Kier alpha value is -4.53. The maximum Gasteiger partial charge on any atom is 0.270 e. The Morgan fingerprint density at radius 2 is 1.88 bits per heavy atom. The SMILES string of the molecule is COc1cccc(C(=O)NC(Cc2ccccc2)c2nc(-c3cccc([N+](=O)[O-])c3)no2)c1. The quantitative estimate of drug-likeness (QED) is 0.316. The molecular formula is C24H20N4O5. The largest absolute Gasteiger partial charge is 0.497 e. The number of carbonyl (C=O) groups excluding carboxylic acids is 1. The average Bonchev–Trinajstić information content (AvgIpc) is 3.35. The summed E-state index contributed by atoms with van der Waals surface area (Å²) in [5.74, 6) is 0.622. The Kier molecular flexibility index (Phi) is 6.40. The molecule has 3 aromatic carbocycles. The van der Waals surface area contributed by atoms with E-state index in [0.29, 0.717) is 23.3 Å². The summed E-state index contributed by atoms with van der Waals surface area (Å²) in [6, 6.07) is 21.7. The maximum absolute atomic E-state index is 13.0. The zero-order valence-corrected chi connectivity index (χ0v) is 17.7. The van der Waals surface area contributed by atoms with Gasteiger partial charge in [0.05, 0.1) is 12.0 Å². The lowest BCUT2D eigenvalue weighted by Gasteiger charge is -2.15. The molecule has 9 heteroatoms. The third-order valence-corrected chi connectivity index (χ3v) is 4.97. The van der Waals surface area contributed by atoms with Crippen molar-refractivity contribution in [3.8, 4) is 17.1 Å². The molecule has 0 saturated heterocycles. The van der Waals surface area contributed by atoms with Crippen molar-refractivity contribution >= 4 is 11.6 Å². The molecule has 33 heavy (non-hydrogen) atoms. The molecule has 1 atom stereocenters. The van der Waals surface area contributed by atoms with Crippen LogP contribution in [-0.2, 0) is 6.42 Å². The summed E-state index contributed by atoms with van der Waals surface area (Å²) in [5, 5.41) is 18.0. The second kappa shape index (κ2) is 9.73. The number of nitrogens with one attached hydrogen (secondary N) is 1.